The lowest BCUT2D eigenvalue weighted by molar-refractivity contribution is 0.0988. The molecule has 0 bridgehead atoms. The molecule has 0 aliphatic rings. The molecule has 1 aromatic heterocycles. The summed E-state index contributed by atoms with van der Waals surface area (Å²) in [7, 11) is -2.37. The van der Waals surface area contributed by atoms with Gasteiger partial charge in [0.05, 0.1) is 7.05 Å². The molecule has 0 radical (unpaired) electrons. The number of ketones is 1. The van der Waals surface area contributed by atoms with Gasteiger partial charge in [-0.25, -0.2) is 4.74 Å². The number of benzene rings is 3. The molecule has 0 aliphatic carbocycles. The van der Waals surface area contributed by atoms with E-state index in [9.17, 15) is 4.79 Å². The van der Waals surface area contributed by atoms with Crippen LogP contribution in [0.15, 0.2) is 112 Å². The summed E-state index contributed by atoms with van der Waals surface area (Å²) >= 11 is 0. The normalized spacial score (nSPS) is 11.2. The molecular weight excluding hydrogens is 365 g/mol. The van der Waals surface area contributed by atoms with Crippen LogP contribution in [0.1, 0.15) is 17.5 Å². The number of furan rings is 1. The minimum absolute atomic E-state index is 0.107. The number of carbonyl (C=O) groups excluding carboxylic acids is 1. The third-order valence-electron chi connectivity index (χ3n) is 4.58. The monoisotopic (exact) mass is 385 g/mol. The van der Waals surface area contributed by atoms with Crippen molar-refractivity contribution in [1.29, 1.82) is 0 Å². The third kappa shape index (κ3) is 3.37. The fourth-order valence-corrected chi connectivity index (χ4v) is 6.72. The fourth-order valence-electron chi connectivity index (χ4n) is 3.27. The number of carbonyl (C=O) groups is 1. The first-order chi connectivity index (χ1) is 13.7. The van der Waals surface area contributed by atoms with E-state index in [1.807, 2.05) is 54.6 Å². The van der Waals surface area contributed by atoms with Crippen LogP contribution in [-0.2, 0) is 0 Å². The molecule has 0 saturated carbocycles. The molecule has 3 aromatic carbocycles. The first-order valence-electron chi connectivity index (χ1n) is 9.10. The van der Waals surface area contributed by atoms with E-state index in [1.165, 1.54) is 6.92 Å². The average molecular weight is 385 g/mol. The first-order valence-corrected chi connectivity index (χ1v) is 10.8. The predicted molar refractivity (Wildman–Crippen MR) is 116 cm³/mol. The molecule has 138 valence electrons. The third-order valence-corrected chi connectivity index (χ3v) is 8.21. The Morgan fingerprint density at radius 3 is 1.46 bits per heavy atom. The van der Waals surface area contributed by atoms with E-state index in [0.717, 1.165) is 15.9 Å². The zero-order valence-corrected chi connectivity index (χ0v) is 16.4. The summed E-state index contributed by atoms with van der Waals surface area (Å²) in [6, 6.07) is 34.4. The smallest absolute Gasteiger partial charge is 0.219 e. The van der Waals surface area contributed by atoms with Gasteiger partial charge in [-0.2, -0.15) is 0 Å². The molecule has 3 nitrogen and oxygen atoms in total. The van der Waals surface area contributed by atoms with Gasteiger partial charge in [0.2, 0.25) is 5.88 Å². The van der Waals surface area contributed by atoms with Crippen LogP contribution in [0.3, 0.4) is 0 Å². The van der Waals surface area contributed by atoms with Crippen LogP contribution in [0, 0.1) is 0 Å². The highest BCUT2D eigenvalue weighted by atomic mass is 31.2. The van der Waals surface area contributed by atoms with Crippen molar-refractivity contribution in [3.63, 3.8) is 0 Å². The van der Waals surface area contributed by atoms with Crippen molar-refractivity contribution in [3.05, 3.63) is 109 Å². The van der Waals surface area contributed by atoms with Crippen LogP contribution in [0.5, 0.6) is 0 Å². The second-order valence-corrected chi connectivity index (χ2v) is 9.46. The van der Waals surface area contributed by atoms with Gasteiger partial charge >= 0.3 is 0 Å². The lowest BCUT2D eigenvalue weighted by atomic mass is 10.3. The van der Waals surface area contributed by atoms with Gasteiger partial charge < -0.3 is 4.42 Å². The van der Waals surface area contributed by atoms with Crippen LogP contribution >= 0.6 is 7.05 Å². The summed E-state index contributed by atoms with van der Waals surface area (Å²) in [4.78, 5) is 11.7. The standard InChI is InChI=1S/C24H20NO2P/c1-19(26)23-17-18-24(27-23)25-28(20-11-5-2-6-12-20,21-13-7-3-8-14-21)22-15-9-4-10-16-22/h2-18H,1H3. The molecule has 0 atom stereocenters. The molecule has 0 fully saturated rings. The predicted octanol–water partition coefficient (Wildman–Crippen LogP) is 5.29. The minimum Gasteiger partial charge on any atom is -0.435 e. The maximum Gasteiger partial charge on any atom is 0.219 e. The van der Waals surface area contributed by atoms with E-state index in [2.05, 4.69) is 36.4 Å². The van der Waals surface area contributed by atoms with E-state index in [0.29, 0.717) is 11.6 Å². The van der Waals surface area contributed by atoms with E-state index in [-0.39, 0.29) is 5.78 Å². The second kappa shape index (κ2) is 7.84. The minimum atomic E-state index is -2.37. The summed E-state index contributed by atoms with van der Waals surface area (Å²) in [5, 5.41) is 3.40. The molecule has 0 spiro atoms. The van der Waals surface area contributed by atoms with Crippen molar-refractivity contribution in [1.82, 2.24) is 0 Å². The SMILES string of the molecule is CC(=O)c1ccc(N=P(c2ccccc2)(c2ccccc2)c2ccccc2)o1. The number of hydrogen-bond donors (Lipinski definition) is 0. The number of rotatable bonds is 5. The molecule has 0 amide bonds. The Balaban J connectivity index is 2.09. The van der Waals surface area contributed by atoms with E-state index < -0.39 is 7.05 Å². The van der Waals surface area contributed by atoms with E-state index in [4.69, 9.17) is 9.16 Å². The summed E-state index contributed by atoms with van der Waals surface area (Å²) in [5.41, 5.74) is 0. The maximum absolute atomic E-state index is 11.7. The van der Waals surface area contributed by atoms with Gasteiger partial charge in [-0.15, -0.1) is 0 Å². The Hall–Kier alpha value is -3.16. The number of hydrogen-bond acceptors (Lipinski definition) is 3. The Bertz CT molecular complexity index is 1030. The summed E-state index contributed by atoms with van der Waals surface area (Å²) in [6.45, 7) is 1.50. The molecular formula is C24H20NO2P. The van der Waals surface area contributed by atoms with Crippen molar-refractivity contribution < 1.29 is 9.21 Å². The van der Waals surface area contributed by atoms with Crippen molar-refractivity contribution in [2.24, 2.45) is 4.74 Å². The number of nitrogens with zero attached hydrogens (tertiary/aromatic N) is 1. The summed E-state index contributed by atoms with van der Waals surface area (Å²) in [6.07, 6.45) is 0. The molecule has 0 N–H and O–H groups in total. The van der Waals surface area contributed by atoms with Crippen LogP contribution in [0.4, 0.5) is 5.88 Å². The molecule has 0 aliphatic heterocycles. The topological polar surface area (TPSA) is 42.6 Å². The van der Waals surface area contributed by atoms with Crippen LogP contribution < -0.4 is 15.9 Å². The molecule has 4 aromatic rings. The fraction of sp³-hybridized carbons (Fsp3) is 0.0417. The average Bonchev–Trinajstić information content (AvgIpc) is 3.23. The van der Waals surface area contributed by atoms with E-state index >= 15 is 0 Å². The highest BCUT2D eigenvalue weighted by molar-refractivity contribution is 7.87. The largest absolute Gasteiger partial charge is 0.435 e. The van der Waals surface area contributed by atoms with Crippen LogP contribution in [0.25, 0.3) is 0 Å². The highest BCUT2D eigenvalue weighted by Gasteiger charge is 2.28. The van der Waals surface area contributed by atoms with Gasteiger partial charge in [0, 0.05) is 28.9 Å². The van der Waals surface area contributed by atoms with Crippen LogP contribution in [-0.4, -0.2) is 5.78 Å². The van der Waals surface area contributed by atoms with Crippen molar-refractivity contribution in [3.8, 4) is 0 Å². The van der Waals surface area contributed by atoms with Crippen LogP contribution in [0.2, 0.25) is 0 Å². The Labute approximate surface area is 164 Å². The van der Waals surface area contributed by atoms with Crippen molar-refractivity contribution >= 4 is 34.6 Å². The Morgan fingerprint density at radius 1 is 0.679 bits per heavy atom. The van der Waals surface area contributed by atoms with Gasteiger partial charge in [0.15, 0.2) is 11.5 Å². The maximum atomic E-state index is 11.7. The molecule has 28 heavy (non-hydrogen) atoms. The quantitative estimate of drug-likeness (QED) is 0.346. The van der Waals surface area contributed by atoms with Crippen molar-refractivity contribution in [2.75, 3.05) is 0 Å². The Morgan fingerprint density at radius 2 is 1.11 bits per heavy atom. The van der Waals surface area contributed by atoms with Gasteiger partial charge in [-0.05, 0) is 6.07 Å². The van der Waals surface area contributed by atoms with Gasteiger partial charge in [-0.1, -0.05) is 91.0 Å². The lowest BCUT2D eigenvalue weighted by Crippen LogP contribution is -2.25. The summed E-state index contributed by atoms with van der Waals surface area (Å²) in [5.74, 6) is 0.686. The number of Topliss-reactive ketones (excluding diaryl/α,β-unsaturated/α-hetero) is 1. The van der Waals surface area contributed by atoms with E-state index in [1.54, 1.807) is 12.1 Å². The second-order valence-electron chi connectivity index (χ2n) is 6.44. The molecule has 4 heteroatoms. The Kier molecular flexibility index (Phi) is 5.10. The van der Waals surface area contributed by atoms with Crippen molar-refractivity contribution in [2.45, 2.75) is 6.92 Å². The highest BCUT2D eigenvalue weighted by Crippen LogP contribution is 2.49. The van der Waals surface area contributed by atoms with Gasteiger partial charge in [-0.3, -0.25) is 4.79 Å². The zero-order valence-electron chi connectivity index (χ0n) is 15.5. The first kappa shape index (κ1) is 18.2. The molecule has 0 unspecified atom stereocenters. The van der Waals surface area contributed by atoms with Gasteiger partial charge in [0.25, 0.3) is 0 Å². The molecule has 0 saturated heterocycles. The zero-order chi connectivity index (χ0) is 19.4. The van der Waals surface area contributed by atoms with Gasteiger partial charge in [0.1, 0.15) is 0 Å². The summed E-state index contributed by atoms with van der Waals surface area (Å²) < 4.78 is 11.0. The molecule has 1 heterocycles. The lowest BCUT2D eigenvalue weighted by Gasteiger charge is -2.26. The molecule has 4 rings (SSSR count).